The molecule has 6 nitrogen and oxygen atoms in total. The second kappa shape index (κ2) is 7.94. The lowest BCUT2D eigenvalue weighted by atomic mass is 10.2. The molecule has 1 saturated heterocycles. The van der Waals surface area contributed by atoms with Crippen molar-refractivity contribution in [1.29, 1.82) is 0 Å². The molecule has 1 fully saturated rings. The fraction of sp³-hybridized carbons (Fsp3) is 0.571. The van der Waals surface area contributed by atoms with Gasteiger partial charge in [0.2, 0.25) is 0 Å². The van der Waals surface area contributed by atoms with Gasteiger partial charge in [0.15, 0.2) is 0 Å². The summed E-state index contributed by atoms with van der Waals surface area (Å²) in [6.45, 7) is 6.11. The molecule has 0 atom stereocenters. The van der Waals surface area contributed by atoms with Crippen LogP contribution in [-0.2, 0) is 11.3 Å². The van der Waals surface area contributed by atoms with Crippen LogP contribution < -0.4 is 5.32 Å². The first-order valence-electron chi connectivity index (χ1n) is 7.00. The molecule has 1 aliphatic rings. The van der Waals surface area contributed by atoms with Crippen molar-refractivity contribution in [1.82, 2.24) is 10.2 Å². The molecule has 0 spiro atoms. The van der Waals surface area contributed by atoms with E-state index in [2.05, 4.69) is 10.2 Å². The van der Waals surface area contributed by atoms with Crippen LogP contribution in [0.2, 0.25) is 0 Å². The Kier molecular flexibility index (Phi) is 5.91. The molecule has 0 amide bonds. The lowest BCUT2D eigenvalue weighted by Gasteiger charge is -2.26. The molecule has 1 aliphatic heterocycles. The molecule has 0 unspecified atom stereocenters. The minimum Gasteiger partial charge on any atom is -0.379 e. The van der Waals surface area contributed by atoms with Crippen LogP contribution in [0.5, 0.6) is 0 Å². The Labute approximate surface area is 118 Å². The lowest BCUT2D eigenvalue weighted by molar-refractivity contribution is -0.385. The summed E-state index contributed by atoms with van der Waals surface area (Å²) in [5.41, 5.74) is 0.928. The van der Waals surface area contributed by atoms with Crippen molar-refractivity contribution in [2.75, 3.05) is 39.4 Å². The average molecular weight is 279 g/mol. The number of ether oxygens (including phenoxy) is 1. The second-order valence-electron chi connectivity index (χ2n) is 4.87. The van der Waals surface area contributed by atoms with E-state index in [1.165, 1.54) is 0 Å². The summed E-state index contributed by atoms with van der Waals surface area (Å²) in [5.74, 6) is 0. The molecule has 0 radical (unpaired) electrons. The molecule has 1 aromatic carbocycles. The van der Waals surface area contributed by atoms with E-state index >= 15 is 0 Å². The van der Waals surface area contributed by atoms with Crippen molar-refractivity contribution in [2.24, 2.45) is 0 Å². The number of nitrogens with zero attached hydrogens (tertiary/aromatic N) is 2. The molecule has 20 heavy (non-hydrogen) atoms. The predicted octanol–water partition coefficient (Wildman–Crippen LogP) is 1.41. The molecule has 0 aliphatic carbocycles. The smallest absolute Gasteiger partial charge is 0.273 e. The van der Waals surface area contributed by atoms with Crippen molar-refractivity contribution in [3.05, 3.63) is 39.9 Å². The van der Waals surface area contributed by atoms with Crippen LogP contribution in [0.4, 0.5) is 5.69 Å². The van der Waals surface area contributed by atoms with Crippen LogP contribution >= 0.6 is 0 Å². The number of rotatable bonds is 7. The van der Waals surface area contributed by atoms with E-state index in [4.69, 9.17) is 4.74 Å². The third kappa shape index (κ3) is 4.56. The Morgan fingerprint density at radius 1 is 1.30 bits per heavy atom. The monoisotopic (exact) mass is 279 g/mol. The third-order valence-electron chi connectivity index (χ3n) is 3.44. The van der Waals surface area contributed by atoms with Crippen LogP contribution in [0.3, 0.4) is 0 Å². The summed E-state index contributed by atoms with van der Waals surface area (Å²) in [5, 5.41) is 14.2. The molecular weight excluding hydrogens is 258 g/mol. The zero-order chi connectivity index (χ0) is 14.2. The number of hydrogen-bond donors (Lipinski definition) is 1. The second-order valence-corrected chi connectivity index (χ2v) is 4.87. The first-order valence-corrected chi connectivity index (χ1v) is 7.00. The summed E-state index contributed by atoms with van der Waals surface area (Å²) < 4.78 is 5.30. The number of nitro groups is 1. The molecule has 0 bridgehead atoms. The molecule has 2 rings (SSSR count). The van der Waals surface area contributed by atoms with Crippen molar-refractivity contribution < 1.29 is 9.66 Å². The maximum absolute atomic E-state index is 10.9. The summed E-state index contributed by atoms with van der Waals surface area (Å²) in [7, 11) is 0. The highest BCUT2D eigenvalue weighted by Crippen LogP contribution is 2.16. The van der Waals surface area contributed by atoms with Crippen LogP contribution in [0, 0.1) is 10.1 Å². The van der Waals surface area contributed by atoms with Gasteiger partial charge in [0, 0.05) is 31.3 Å². The van der Waals surface area contributed by atoms with E-state index in [-0.39, 0.29) is 10.6 Å². The van der Waals surface area contributed by atoms with E-state index in [9.17, 15) is 10.1 Å². The molecule has 1 heterocycles. The Bertz CT molecular complexity index is 433. The van der Waals surface area contributed by atoms with E-state index in [1.807, 2.05) is 6.07 Å². The molecule has 110 valence electrons. The zero-order valence-electron chi connectivity index (χ0n) is 11.6. The maximum atomic E-state index is 10.9. The predicted molar refractivity (Wildman–Crippen MR) is 76.7 cm³/mol. The normalized spacial score (nSPS) is 16.2. The minimum atomic E-state index is -0.329. The lowest BCUT2D eigenvalue weighted by Crippen LogP contribution is -2.37. The largest absolute Gasteiger partial charge is 0.379 e. The Hall–Kier alpha value is -1.50. The fourth-order valence-electron chi connectivity index (χ4n) is 2.31. The van der Waals surface area contributed by atoms with Gasteiger partial charge < -0.3 is 10.1 Å². The standard InChI is InChI=1S/C14H21N3O3/c18-17(19)14-5-2-1-4-13(14)12-15-6-3-7-16-8-10-20-11-9-16/h1-2,4-5,15H,3,6-12H2. The van der Waals surface area contributed by atoms with Gasteiger partial charge in [-0.3, -0.25) is 15.0 Å². The topological polar surface area (TPSA) is 67.6 Å². The van der Waals surface area contributed by atoms with Gasteiger partial charge in [-0.2, -0.15) is 0 Å². The van der Waals surface area contributed by atoms with Gasteiger partial charge in [-0.1, -0.05) is 18.2 Å². The Morgan fingerprint density at radius 2 is 2.05 bits per heavy atom. The van der Waals surface area contributed by atoms with E-state index in [0.29, 0.717) is 6.54 Å². The molecule has 6 heteroatoms. The van der Waals surface area contributed by atoms with Crippen LogP contribution in [0.1, 0.15) is 12.0 Å². The summed E-state index contributed by atoms with van der Waals surface area (Å²) >= 11 is 0. The number of hydrogen-bond acceptors (Lipinski definition) is 5. The average Bonchev–Trinajstić information content (AvgIpc) is 2.48. The zero-order valence-corrected chi connectivity index (χ0v) is 11.6. The van der Waals surface area contributed by atoms with Crippen LogP contribution in [0.15, 0.2) is 24.3 Å². The van der Waals surface area contributed by atoms with Crippen molar-refractivity contribution >= 4 is 5.69 Å². The molecule has 0 aromatic heterocycles. The molecular formula is C14H21N3O3. The molecule has 1 aromatic rings. The van der Waals surface area contributed by atoms with Gasteiger partial charge in [-0.15, -0.1) is 0 Å². The van der Waals surface area contributed by atoms with Gasteiger partial charge in [0.1, 0.15) is 0 Å². The highest BCUT2D eigenvalue weighted by atomic mass is 16.6. The van der Waals surface area contributed by atoms with E-state index < -0.39 is 0 Å². The van der Waals surface area contributed by atoms with Gasteiger partial charge in [0.05, 0.1) is 18.1 Å². The highest BCUT2D eigenvalue weighted by Gasteiger charge is 2.12. The highest BCUT2D eigenvalue weighted by molar-refractivity contribution is 5.39. The maximum Gasteiger partial charge on any atom is 0.273 e. The molecule has 1 N–H and O–H groups in total. The fourth-order valence-corrected chi connectivity index (χ4v) is 2.31. The van der Waals surface area contributed by atoms with Crippen molar-refractivity contribution in [3.8, 4) is 0 Å². The number of para-hydroxylation sites is 1. The minimum absolute atomic E-state index is 0.188. The first kappa shape index (κ1) is 14.9. The van der Waals surface area contributed by atoms with E-state index in [1.54, 1.807) is 18.2 Å². The third-order valence-corrected chi connectivity index (χ3v) is 3.44. The number of nitro benzene ring substituents is 1. The Balaban J connectivity index is 1.67. The molecule has 0 saturated carbocycles. The summed E-state index contributed by atoms with van der Waals surface area (Å²) in [4.78, 5) is 12.9. The van der Waals surface area contributed by atoms with Crippen LogP contribution in [-0.4, -0.2) is 49.2 Å². The van der Waals surface area contributed by atoms with Gasteiger partial charge >= 0.3 is 0 Å². The van der Waals surface area contributed by atoms with Gasteiger partial charge in [0.25, 0.3) is 5.69 Å². The quantitative estimate of drug-likeness (QED) is 0.464. The first-order chi connectivity index (χ1) is 9.77. The van der Waals surface area contributed by atoms with Gasteiger partial charge in [-0.05, 0) is 19.5 Å². The van der Waals surface area contributed by atoms with Crippen LogP contribution in [0.25, 0.3) is 0 Å². The Morgan fingerprint density at radius 3 is 2.80 bits per heavy atom. The number of nitrogens with one attached hydrogen (secondary N) is 1. The summed E-state index contributed by atoms with van der Waals surface area (Å²) in [6.07, 6.45) is 1.04. The number of benzene rings is 1. The summed E-state index contributed by atoms with van der Waals surface area (Å²) in [6, 6.07) is 6.87. The van der Waals surface area contributed by atoms with Gasteiger partial charge in [-0.25, -0.2) is 0 Å². The van der Waals surface area contributed by atoms with E-state index in [0.717, 1.165) is 51.4 Å². The number of morpholine rings is 1. The van der Waals surface area contributed by atoms with Crippen molar-refractivity contribution in [3.63, 3.8) is 0 Å². The SMILES string of the molecule is O=[N+]([O-])c1ccccc1CNCCCN1CCOCC1. The van der Waals surface area contributed by atoms with Crippen molar-refractivity contribution in [2.45, 2.75) is 13.0 Å².